The van der Waals surface area contributed by atoms with E-state index in [9.17, 15) is 21.6 Å². The van der Waals surface area contributed by atoms with Crippen LogP contribution in [0.4, 0.5) is 18.9 Å². The Balaban J connectivity index is 1.93. The summed E-state index contributed by atoms with van der Waals surface area (Å²) >= 11 is 1.63. The maximum atomic E-state index is 13.0. The van der Waals surface area contributed by atoms with E-state index >= 15 is 0 Å². The SMILES string of the molecule is CSc1ccc(Cc2cccc(N(Cc3cccnc3)S(=O)(=O)CC(F)(F)F)c2)cc1. The molecule has 0 N–H and O–H groups in total. The van der Waals surface area contributed by atoms with Crippen molar-refractivity contribution in [2.45, 2.75) is 24.0 Å². The Bertz CT molecular complexity index is 1100. The summed E-state index contributed by atoms with van der Waals surface area (Å²) in [7, 11) is -4.65. The number of hydrogen-bond acceptors (Lipinski definition) is 4. The summed E-state index contributed by atoms with van der Waals surface area (Å²) in [6.07, 6.45) is 0.621. The van der Waals surface area contributed by atoms with Gasteiger partial charge in [-0.1, -0.05) is 30.3 Å². The van der Waals surface area contributed by atoms with Crippen molar-refractivity contribution in [1.29, 1.82) is 0 Å². The van der Waals surface area contributed by atoms with Gasteiger partial charge in [0.05, 0.1) is 12.2 Å². The average molecular weight is 467 g/mol. The highest BCUT2D eigenvalue weighted by atomic mass is 32.2. The molecule has 3 rings (SSSR count). The average Bonchev–Trinajstić information content (AvgIpc) is 2.72. The zero-order chi connectivity index (χ0) is 22.5. The summed E-state index contributed by atoms with van der Waals surface area (Å²) in [4.78, 5) is 5.05. The zero-order valence-electron chi connectivity index (χ0n) is 16.7. The Morgan fingerprint density at radius 3 is 2.29 bits per heavy atom. The Hall–Kier alpha value is -2.52. The summed E-state index contributed by atoms with van der Waals surface area (Å²) in [6, 6.07) is 17.8. The molecule has 0 saturated carbocycles. The van der Waals surface area contributed by atoms with Crippen molar-refractivity contribution in [3.05, 3.63) is 89.7 Å². The fourth-order valence-electron chi connectivity index (χ4n) is 3.09. The molecule has 0 unspecified atom stereocenters. The van der Waals surface area contributed by atoms with Crippen molar-refractivity contribution in [2.24, 2.45) is 0 Å². The monoisotopic (exact) mass is 466 g/mol. The minimum absolute atomic E-state index is 0.186. The van der Waals surface area contributed by atoms with Gasteiger partial charge in [0.1, 0.15) is 0 Å². The van der Waals surface area contributed by atoms with Crippen LogP contribution in [0.2, 0.25) is 0 Å². The summed E-state index contributed by atoms with van der Waals surface area (Å²) in [5, 5.41) is 0. The Morgan fingerprint density at radius 2 is 1.68 bits per heavy atom. The summed E-state index contributed by atoms with van der Waals surface area (Å²) in [6.45, 7) is -0.238. The normalized spacial score (nSPS) is 12.0. The molecule has 0 bridgehead atoms. The molecule has 0 atom stereocenters. The number of pyridine rings is 1. The van der Waals surface area contributed by atoms with Crippen LogP contribution in [0.1, 0.15) is 16.7 Å². The van der Waals surface area contributed by atoms with Gasteiger partial charge < -0.3 is 0 Å². The van der Waals surface area contributed by atoms with Gasteiger partial charge in [0.25, 0.3) is 0 Å². The van der Waals surface area contributed by atoms with Crippen molar-refractivity contribution in [2.75, 3.05) is 16.3 Å². The third-order valence-electron chi connectivity index (χ3n) is 4.50. The molecule has 0 amide bonds. The molecule has 0 aliphatic rings. The molecule has 0 aliphatic carbocycles. The molecule has 0 aliphatic heterocycles. The van der Waals surface area contributed by atoms with Crippen LogP contribution < -0.4 is 4.31 Å². The third-order valence-corrected chi connectivity index (χ3v) is 6.94. The van der Waals surface area contributed by atoms with Gasteiger partial charge in [0.15, 0.2) is 5.75 Å². The second kappa shape index (κ2) is 9.74. The summed E-state index contributed by atoms with van der Waals surface area (Å²) in [5.74, 6) is -1.93. The van der Waals surface area contributed by atoms with Crippen molar-refractivity contribution >= 4 is 27.5 Å². The number of halogens is 3. The molecule has 0 fully saturated rings. The van der Waals surface area contributed by atoms with Crippen LogP contribution in [0.25, 0.3) is 0 Å². The van der Waals surface area contributed by atoms with Crippen LogP contribution in [0.3, 0.4) is 0 Å². The van der Waals surface area contributed by atoms with Crippen LogP contribution >= 0.6 is 11.8 Å². The van der Waals surface area contributed by atoms with Gasteiger partial charge in [-0.15, -0.1) is 11.8 Å². The molecule has 9 heteroatoms. The molecule has 0 saturated heterocycles. The van der Waals surface area contributed by atoms with Crippen LogP contribution in [0.5, 0.6) is 0 Å². The van der Waals surface area contributed by atoms with Gasteiger partial charge in [-0.2, -0.15) is 13.2 Å². The maximum absolute atomic E-state index is 13.0. The second-order valence-electron chi connectivity index (χ2n) is 6.93. The number of nitrogens with zero attached hydrogens (tertiary/aromatic N) is 2. The number of aromatic nitrogens is 1. The predicted molar refractivity (Wildman–Crippen MR) is 118 cm³/mol. The van der Waals surface area contributed by atoms with E-state index in [0.29, 0.717) is 12.0 Å². The molecule has 4 nitrogen and oxygen atoms in total. The first-order valence-corrected chi connectivity index (χ1v) is 12.2. The molecule has 1 heterocycles. The molecular weight excluding hydrogens is 445 g/mol. The van der Waals surface area contributed by atoms with E-state index in [4.69, 9.17) is 0 Å². The first-order valence-electron chi connectivity index (χ1n) is 9.34. The summed E-state index contributed by atoms with van der Waals surface area (Å²) < 4.78 is 65.1. The predicted octanol–water partition coefficient (Wildman–Crippen LogP) is 5.29. The number of hydrogen-bond donors (Lipinski definition) is 0. The summed E-state index contributed by atoms with van der Waals surface area (Å²) in [5.41, 5.74) is 2.50. The van der Waals surface area contributed by atoms with E-state index in [1.54, 1.807) is 36.0 Å². The van der Waals surface area contributed by atoms with Crippen molar-refractivity contribution < 1.29 is 21.6 Å². The topological polar surface area (TPSA) is 50.3 Å². The number of thioether (sulfide) groups is 1. The van der Waals surface area contributed by atoms with E-state index in [0.717, 1.165) is 20.3 Å². The fraction of sp³-hybridized carbons (Fsp3) is 0.227. The molecule has 0 spiro atoms. The number of benzene rings is 2. The van der Waals surface area contributed by atoms with Gasteiger partial charge in [0, 0.05) is 17.3 Å². The second-order valence-corrected chi connectivity index (χ2v) is 9.71. The van der Waals surface area contributed by atoms with Crippen LogP contribution in [-0.4, -0.2) is 31.6 Å². The van der Waals surface area contributed by atoms with Gasteiger partial charge in [-0.3, -0.25) is 9.29 Å². The van der Waals surface area contributed by atoms with Crippen LogP contribution in [0, 0.1) is 0 Å². The number of anilines is 1. The van der Waals surface area contributed by atoms with Gasteiger partial charge >= 0.3 is 6.18 Å². The zero-order valence-corrected chi connectivity index (χ0v) is 18.3. The van der Waals surface area contributed by atoms with Crippen molar-refractivity contribution in [1.82, 2.24) is 4.98 Å². The van der Waals surface area contributed by atoms with E-state index < -0.39 is 22.0 Å². The van der Waals surface area contributed by atoms with Gasteiger partial charge in [0.2, 0.25) is 10.0 Å². The quantitative estimate of drug-likeness (QED) is 0.423. The largest absolute Gasteiger partial charge is 0.404 e. The number of sulfonamides is 1. The lowest BCUT2D eigenvalue weighted by atomic mass is 10.0. The Kier molecular flexibility index (Phi) is 7.27. The molecular formula is C22H21F3N2O2S2. The minimum atomic E-state index is -4.84. The minimum Gasteiger partial charge on any atom is -0.265 e. The fourth-order valence-corrected chi connectivity index (χ4v) is 4.85. The molecule has 0 radical (unpaired) electrons. The lowest BCUT2D eigenvalue weighted by Gasteiger charge is -2.25. The van der Waals surface area contributed by atoms with Crippen molar-refractivity contribution in [3.8, 4) is 0 Å². The van der Waals surface area contributed by atoms with E-state index in [2.05, 4.69) is 4.98 Å². The molecule has 31 heavy (non-hydrogen) atoms. The van der Waals surface area contributed by atoms with Crippen LogP contribution in [-0.2, 0) is 23.0 Å². The lowest BCUT2D eigenvalue weighted by Crippen LogP contribution is -2.37. The Labute approximate surface area is 184 Å². The lowest BCUT2D eigenvalue weighted by molar-refractivity contribution is -0.106. The first kappa shape index (κ1) is 23.1. The highest BCUT2D eigenvalue weighted by Crippen LogP contribution is 2.27. The number of rotatable bonds is 8. The molecule has 164 valence electrons. The molecule has 3 aromatic rings. The highest BCUT2D eigenvalue weighted by molar-refractivity contribution is 7.98. The van der Waals surface area contributed by atoms with E-state index in [1.165, 1.54) is 18.5 Å². The van der Waals surface area contributed by atoms with Crippen LogP contribution in [0.15, 0.2) is 78.0 Å². The first-order chi connectivity index (χ1) is 14.7. The van der Waals surface area contributed by atoms with Gasteiger partial charge in [-0.25, -0.2) is 8.42 Å². The smallest absolute Gasteiger partial charge is 0.265 e. The molecule has 2 aromatic carbocycles. The Morgan fingerprint density at radius 1 is 0.968 bits per heavy atom. The van der Waals surface area contributed by atoms with E-state index in [-0.39, 0.29) is 12.2 Å². The van der Waals surface area contributed by atoms with E-state index in [1.807, 2.05) is 36.6 Å². The maximum Gasteiger partial charge on any atom is 0.404 e. The third kappa shape index (κ3) is 6.73. The highest BCUT2D eigenvalue weighted by Gasteiger charge is 2.38. The van der Waals surface area contributed by atoms with Gasteiger partial charge in [-0.05, 0) is 59.7 Å². The molecule has 1 aromatic heterocycles. The standard InChI is InChI=1S/C22H21F3N2O2S2/c1-30-21-9-7-17(8-10-21)12-18-4-2-6-20(13-18)27(15-19-5-3-11-26-14-19)31(28,29)16-22(23,24)25/h2-11,13-14H,12,15-16H2,1H3. The van der Waals surface area contributed by atoms with Crippen molar-refractivity contribution in [3.63, 3.8) is 0 Å². The number of alkyl halides is 3.